The molecule has 0 aliphatic heterocycles. The molecule has 4 aliphatic carbocycles. The third-order valence-corrected chi connectivity index (χ3v) is 10.3. The van der Waals surface area contributed by atoms with Crippen molar-refractivity contribution in [1.82, 2.24) is 0 Å². The van der Waals surface area contributed by atoms with Gasteiger partial charge in [0.2, 0.25) is 0 Å². The van der Waals surface area contributed by atoms with Gasteiger partial charge in [-0.15, -0.1) is 0 Å². The monoisotopic (exact) mass is 370 g/mol. The molecule has 126 valence electrons. The summed E-state index contributed by atoms with van der Waals surface area (Å²) in [5.41, 5.74) is 0.677. The first-order valence-corrected chi connectivity index (χ1v) is 10.1. The smallest absolute Gasteiger partial charge is 0.0702 e. The number of hydrogen-bond acceptors (Lipinski definition) is 2. The van der Waals surface area contributed by atoms with Gasteiger partial charge in [-0.2, -0.15) is 0 Å². The van der Waals surface area contributed by atoms with Crippen LogP contribution in [0.1, 0.15) is 71.6 Å². The van der Waals surface area contributed by atoms with E-state index in [-0.39, 0.29) is 21.9 Å². The number of halogens is 1. The fourth-order valence-corrected chi connectivity index (χ4v) is 8.26. The molecule has 0 bridgehead atoms. The lowest BCUT2D eigenvalue weighted by molar-refractivity contribution is -0.148. The van der Waals surface area contributed by atoms with E-state index >= 15 is 0 Å². The van der Waals surface area contributed by atoms with E-state index in [4.69, 9.17) is 0 Å². The minimum Gasteiger partial charge on any atom is -0.393 e. The standard InChI is InChI=1S/C19H31BrO2/c1-17-7-3-4-14(17)13-10-16(22)19(20)11-12(21)5-9-18(19,2)15(13)6-8-17/h12-16,21-22H,3-11H2,1-2H3/t12-,13-,14-,15-,16+,17-,18+,19-/m0/s1. The third kappa shape index (κ3) is 1.91. The highest BCUT2D eigenvalue weighted by Crippen LogP contribution is 2.69. The summed E-state index contributed by atoms with van der Waals surface area (Å²) in [5.74, 6) is 2.24. The molecular weight excluding hydrogens is 340 g/mol. The van der Waals surface area contributed by atoms with Crippen LogP contribution in [-0.4, -0.2) is 26.7 Å². The van der Waals surface area contributed by atoms with E-state index in [0.29, 0.717) is 11.3 Å². The molecule has 4 rings (SSSR count). The summed E-state index contributed by atoms with van der Waals surface area (Å²) in [5, 5.41) is 21.2. The Kier molecular flexibility index (Phi) is 3.58. The fraction of sp³-hybridized carbons (Fsp3) is 1.00. The minimum absolute atomic E-state index is 0.137. The van der Waals surface area contributed by atoms with Gasteiger partial charge in [0, 0.05) is 0 Å². The molecule has 0 heterocycles. The maximum atomic E-state index is 11.0. The van der Waals surface area contributed by atoms with E-state index in [2.05, 4.69) is 29.8 Å². The average Bonchev–Trinajstić information content (AvgIpc) is 2.84. The lowest BCUT2D eigenvalue weighted by Gasteiger charge is -2.65. The molecule has 2 N–H and O–H groups in total. The zero-order chi connectivity index (χ0) is 15.8. The highest BCUT2D eigenvalue weighted by atomic mass is 79.9. The Morgan fingerprint density at radius 2 is 1.73 bits per heavy atom. The number of rotatable bonds is 0. The Hall–Kier alpha value is 0.400. The predicted octanol–water partition coefficient (Wildman–Crippen LogP) is 4.27. The van der Waals surface area contributed by atoms with E-state index in [1.165, 1.54) is 32.1 Å². The molecule has 0 aromatic heterocycles. The van der Waals surface area contributed by atoms with Crippen molar-refractivity contribution in [3.8, 4) is 0 Å². The van der Waals surface area contributed by atoms with Gasteiger partial charge in [0.1, 0.15) is 0 Å². The predicted molar refractivity (Wildman–Crippen MR) is 91.9 cm³/mol. The van der Waals surface area contributed by atoms with Crippen LogP contribution in [0.5, 0.6) is 0 Å². The summed E-state index contributed by atoms with van der Waals surface area (Å²) in [4.78, 5) is 0. The van der Waals surface area contributed by atoms with E-state index < -0.39 is 0 Å². The second kappa shape index (κ2) is 4.95. The number of aliphatic hydroxyl groups is 2. The van der Waals surface area contributed by atoms with Gasteiger partial charge in [-0.25, -0.2) is 0 Å². The van der Waals surface area contributed by atoms with Crippen molar-refractivity contribution >= 4 is 15.9 Å². The normalized spacial score (nSPS) is 61.2. The van der Waals surface area contributed by atoms with Crippen LogP contribution >= 0.6 is 15.9 Å². The van der Waals surface area contributed by atoms with Crippen molar-refractivity contribution in [2.75, 3.05) is 0 Å². The first-order chi connectivity index (χ1) is 10.3. The van der Waals surface area contributed by atoms with Crippen molar-refractivity contribution < 1.29 is 10.2 Å². The number of fused-ring (bicyclic) bond motifs is 5. The third-order valence-electron chi connectivity index (χ3n) is 8.54. The Labute approximate surface area is 143 Å². The van der Waals surface area contributed by atoms with Crippen LogP contribution in [0.3, 0.4) is 0 Å². The molecule has 0 aromatic rings. The van der Waals surface area contributed by atoms with Crippen molar-refractivity contribution in [3.05, 3.63) is 0 Å². The molecule has 0 aromatic carbocycles. The van der Waals surface area contributed by atoms with Crippen LogP contribution in [0.15, 0.2) is 0 Å². The molecular formula is C19H31BrO2. The van der Waals surface area contributed by atoms with Gasteiger partial charge < -0.3 is 10.2 Å². The second-order valence-electron chi connectivity index (χ2n) is 9.39. The van der Waals surface area contributed by atoms with Crippen LogP contribution in [0.25, 0.3) is 0 Å². The summed E-state index contributed by atoms with van der Waals surface area (Å²) in [6, 6.07) is 0. The van der Waals surface area contributed by atoms with Gasteiger partial charge in [0.05, 0.1) is 16.5 Å². The largest absolute Gasteiger partial charge is 0.393 e. The highest BCUT2D eigenvalue weighted by Gasteiger charge is 2.65. The van der Waals surface area contributed by atoms with Crippen molar-refractivity contribution in [2.45, 2.75) is 88.2 Å². The van der Waals surface area contributed by atoms with Gasteiger partial charge in [0.15, 0.2) is 0 Å². The lowest BCUT2D eigenvalue weighted by Crippen LogP contribution is -2.65. The van der Waals surface area contributed by atoms with Crippen LogP contribution in [0.4, 0.5) is 0 Å². The van der Waals surface area contributed by atoms with Gasteiger partial charge in [-0.05, 0) is 80.0 Å². The Morgan fingerprint density at radius 1 is 0.955 bits per heavy atom. The molecule has 3 heteroatoms. The Balaban J connectivity index is 1.71. The van der Waals surface area contributed by atoms with Crippen LogP contribution in [0, 0.1) is 28.6 Å². The Morgan fingerprint density at radius 3 is 2.50 bits per heavy atom. The van der Waals surface area contributed by atoms with E-state index in [9.17, 15) is 10.2 Å². The first-order valence-electron chi connectivity index (χ1n) is 9.35. The number of aliphatic hydroxyl groups excluding tert-OH is 2. The van der Waals surface area contributed by atoms with Crippen LogP contribution in [0.2, 0.25) is 0 Å². The lowest BCUT2D eigenvalue weighted by atomic mass is 9.44. The van der Waals surface area contributed by atoms with Gasteiger partial charge in [0.25, 0.3) is 0 Å². The van der Waals surface area contributed by atoms with E-state index in [1.807, 2.05) is 0 Å². The van der Waals surface area contributed by atoms with E-state index in [0.717, 1.165) is 37.5 Å². The van der Waals surface area contributed by atoms with Crippen molar-refractivity contribution in [2.24, 2.45) is 28.6 Å². The summed E-state index contributed by atoms with van der Waals surface area (Å²) >= 11 is 3.97. The zero-order valence-electron chi connectivity index (χ0n) is 14.0. The molecule has 2 nitrogen and oxygen atoms in total. The topological polar surface area (TPSA) is 40.5 Å². The second-order valence-corrected chi connectivity index (χ2v) is 10.8. The SMILES string of the molecule is C[C@@]12CCC[C@H]1[C@@H]1C[C@@H](O)[C@@]3(Br)C[C@@H](O)CC[C@]3(C)[C@H]1CC2. The molecule has 4 saturated carbocycles. The molecule has 4 aliphatic rings. The maximum absolute atomic E-state index is 11.0. The minimum atomic E-state index is -0.309. The summed E-state index contributed by atoms with van der Waals surface area (Å²) in [6.07, 6.45) is 9.91. The summed E-state index contributed by atoms with van der Waals surface area (Å²) < 4.78 is -0.273. The van der Waals surface area contributed by atoms with Gasteiger partial charge in [-0.3, -0.25) is 0 Å². The molecule has 0 amide bonds. The van der Waals surface area contributed by atoms with Crippen LogP contribution in [-0.2, 0) is 0 Å². The molecule has 8 atom stereocenters. The average molecular weight is 371 g/mol. The quantitative estimate of drug-likeness (QED) is 0.625. The van der Waals surface area contributed by atoms with E-state index in [1.54, 1.807) is 0 Å². The zero-order valence-corrected chi connectivity index (χ0v) is 15.6. The number of alkyl halides is 1. The Bertz CT molecular complexity index is 468. The van der Waals surface area contributed by atoms with Crippen molar-refractivity contribution in [1.29, 1.82) is 0 Å². The molecule has 22 heavy (non-hydrogen) atoms. The highest BCUT2D eigenvalue weighted by molar-refractivity contribution is 9.10. The maximum Gasteiger partial charge on any atom is 0.0702 e. The van der Waals surface area contributed by atoms with Gasteiger partial charge in [-0.1, -0.05) is 36.2 Å². The van der Waals surface area contributed by atoms with Gasteiger partial charge >= 0.3 is 0 Å². The van der Waals surface area contributed by atoms with Crippen LogP contribution < -0.4 is 0 Å². The molecule has 0 unspecified atom stereocenters. The van der Waals surface area contributed by atoms with Crippen molar-refractivity contribution in [3.63, 3.8) is 0 Å². The summed E-state index contributed by atoms with van der Waals surface area (Å²) in [7, 11) is 0. The molecule has 4 fully saturated rings. The molecule has 0 saturated heterocycles. The summed E-state index contributed by atoms with van der Waals surface area (Å²) in [6.45, 7) is 4.92. The number of hydrogen-bond donors (Lipinski definition) is 2. The first kappa shape index (κ1) is 15.9. The molecule has 0 radical (unpaired) electrons. The fourth-order valence-electron chi connectivity index (χ4n) is 7.21. The molecule has 0 spiro atoms.